The van der Waals surface area contributed by atoms with Gasteiger partial charge in [-0.1, -0.05) is 25.5 Å². The molecule has 0 aromatic rings. The molecule has 1 heteroatoms. The molecule has 0 heterocycles. The van der Waals surface area contributed by atoms with Gasteiger partial charge in [-0.25, -0.2) is 0 Å². The second-order valence-corrected chi connectivity index (χ2v) is 5.95. The van der Waals surface area contributed by atoms with E-state index in [4.69, 9.17) is 0 Å². The summed E-state index contributed by atoms with van der Waals surface area (Å²) in [7, 11) is 0. The maximum atomic E-state index is 11.2. The lowest BCUT2D eigenvalue weighted by atomic mass is 9.80. The van der Waals surface area contributed by atoms with Gasteiger partial charge in [-0.2, -0.15) is 0 Å². The third kappa shape index (κ3) is 3.97. The summed E-state index contributed by atoms with van der Waals surface area (Å²) in [6, 6.07) is 0. The van der Waals surface area contributed by atoms with Crippen molar-refractivity contribution in [3.63, 3.8) is 0 Å². The Morgan fingerprint density at radius 3 is 2.00 bits per heavy atom. The number of carbonyl (C=O) groups is 1. The molecule has 2 fully saturated rings. The highest BCUT2D eigenvalue weighted by Crippen LogP contribution is 2.32. The average Bonchev–Trinajstić information content (AvgIpc) is 2.39. The van der Waals surface area contributed by atoms with Crippen molar-refractivity contribution in [2.75, 3.05) is 0 Å². The van der Waals surface area contributed by atoms with Crippen molar-refractivity contribution in [2.24, 2.45) is 17.8 Å². The van der Waals surface area contributed by atoms with Gasteiger partial charge >= 0.3 is 0 Å². The van der Waals surface area contributed by atoms with Crippen LogP contribution in [0.2, 0.25) is 0 Å². The summed E-state index contributed by atoms with van der Waals surface area (Å²) >= 11 is 0. The predicted octanol–water partition coefficient (Wildman–Crippen LogP) is 4.52. The molecular formula is C16H26O. The Morgan fingerprint density at radius 2 is 1.47 bits per heavy atom. The van der Waals surface area contributed by atoms with Gasteiger partial charge in [-0.05, 0) is 56.3 Å². The van der Waals surface area contributed by atoms with Crippen LogP contribution in [0.3, 0.4) is 0 Å². The maximum absolute atomic E-state index is 11.2. The van der Waals surface area contributed by atoms with Crippen molar-refractivity contribution in [2.45, 2.75) is 64.7 Å². The third-order valence-electron chi connectivity index (χ3n) is 4.71. The summed E-state index contributed by atoms with van der Waals surface area (Å²) in [6.45, 7) is 2.32. The van der Waals surface area contributed by atoms with Crippen LogP contribution in [-0.2, 0) is 4.79 Å². The van der Waals surface area contributed by atoms with E-state index in [1.54, 1.807) is 0 Å². The zero-order valence-electron chi connectivity index (χ0n) is 11.2. The fourth-order valence-corrected chi connectivity index (χ4v) is 3.26. The predicted molar refractivity (Wildman–Crippen MR) is 71.8 cm³/mol. The number of carbonyl (C=O) groups excluding carboxylic acids is 1. The Morgan fingerprint density at radius 1 is 0.941 bits per heavy atom. The van der Waals surface area contributed by atoms with Gasteiger partial charge in [0.15, 0.2) is 0 Å². The Balaban J connectivity index is 1.72. The Kier molecular flexibility index (Phi) is 4.82. The first-order valence-corrected chi connectivity index (χ1v) is 7.48. The van der Waals surface area contributed by atoms with E-state index in [-0.39, 0.29) is 0 Å². The molecular weight excluding hydrogens is 208 g/mol. The quantitative estimate of drug-likeness (QED) is 0.656. The summed E-state index contributed by atoms with van der Waals surface area (Å²) in [4.78, 5) is 11.2. The highest BCUT2D eigenvalue weighted by atomic mass is 16.1. The molecule has 0 N–H and O–H groups in total. The lowest BCUT2D eigenvalue weighted by molar-refractivity contribution is -0.120. The zero-order valence-corrected chi connectivity index (χ0v) is 11.2. The lowest BCUT2D eigenvalue weighted by Gasteiger charge is -2.26. The smallest absolute Gasteiger partial charge is 0.132 e. The number of rotatable bonds is 3. The minimum Gasteiger partial charge on any atom is -0.300 e. The maximum Gasteiger partial charge on any atom is 0.132 e. The SMILES string of the molecule is CCC1CCC(/C=C/C2CCC(=O)CC2)CC1. The fraction of sp³-hybridized carbons (Fsp3) is 0.812. The van der Waals surface area contributed by atoms with E-state index in [0.29, 0.717) is 11.7 Å². The average molecular weight is 234 g/mol. The van der Waals surface area contributed by atoms with E-state index in [1.165, 1.54) is 32.1 Å². The van der Waals surface area contributed by atoms with Crippen LogP contribution in [0.15, 0.2) is 12.2 Å². The minimum atomic E-state index is 0.470. The molecule has 96 valence electrons. The Hall–Kier alpha value is -0.590. The Labute approximate surface area is 106 Å². The Bertz CT molecular complexity index is 261. The van der Waals surface area contributed by atoms with E-state index >= 15 is 0 Å². The second kappa shape index (κ2) is 6.37. The number of allylic oxidation sites excluding steroid dienone is 2. The van der Waals surface area contributed by atoms with Crippen LogP contribution in [0.25, 0.3) is 0 Å². The van der Waals surface area contributed by atoms with Crippen LogP contribution in [0, 0.1) is 17.8 Å². The number of ketones is 1. The molecule has 0 atom stereocenters. The van der Waals surface area contributed by atoms with Crippen molar-refractivity contribution >= 4 is 5.78 Å². The van der Waals surface area contributed by atoms with E-state index in [2.05, 4.69) is 19.1 Å². The van der Waals surface area contributed by atoms with Crippen LogP contribution < -0.4 is 0 Å². The summed E-state index contributed by atoms with van der Waals surface area (Å²) in [5.41, 5.74) is 0. The lowest BCUT2D eigenvalue weighted by Crippen LogP contribution is -2.14. The van der Waals surface area contributed by atoms with E-state index in [0.717, 1.165) is 37.5 Å². The summed E-state index contributed by atoms with van der Waals surface area (Å²) in [6.07, 6.45) is 15.7. The van der Waals surface area contributed by atoms with E-state index < -0.39 is 0 Å². The van der Waals surface area contributed by atoms with Gasteiger partial charge in [-0.3, -0.25) is 4.79 Å². The van der Waals surface area contributed by atoms with Crippen LogP contribution in [-0.4, -0.2) is 5.78 Å². The molecule has 0 spiro atoms. The van der Waals surface area contributed by atoms with Crippen molar-refractivity contribution in [3.05, 3.63) is 12.2 Å². The first-order chi connectivity index (χ1) is 8.28. The summed E-state index contributed by atoms with van der Waals surface area (Å²) < 4.78 is 0. The topological polar surface area (TPSA) is 17.1 Å². The molecule has 2 aliphatic carbocycles. The molecule has 0 amide bonds. The second-order valence-electron chi connectivity index (χ2n) is 5.95. The molecule has 1 nitrogen and oxygen atoms in total. The molecule has 0 aromatic heterocycles. The third-order valence-corrected chi connectivity index (χ3v) is 4.71. The number of Topliss-reactive ketones (excluding diaryl/α,β-unsaturated/α-hetero) is 1. The van der Waals surface area contributed by atoms with Gasteiger partial charge in [0.1, 0.15) is 5.78 Å². The molecule has 0 radical (unpaired) electrons. The molecule has 2 saturated carbocycles. The van der Waals surface area contributed by atoms with Gasteiger partial charge in [-0.15, -0.1) is 0 Å². The van der Waals surface area contributed by atoms with Gasteiger partial charge in [0.25, 0.3) is 0 Å². The van der Waals surface area contributed by atoms with Gasteiger partial charge in [0.05, 0.1) is 0 Å². The molecule has 2 rings (SSSR count). The summed E-state index contributed by atoms with van der Waals surface area (Å²) in [5.74, 6) is 2.98. The minimum absolute atomic E-state index is 0.470. The molecule has 0 bridgehead atoms. The van der Waals surface area contributed by atoms with Crippen LogP contribution in [0.4, 0.5) is 0 Å². The molecule has 0 aliphatic heterocycles. The van der Waals surface area contributed by atoms with Crippen LogP contribution in [0.5, 0.6) is 0 Å². The first-order valence-electron chi connectivity index (χ1n) is 7.48. The van der Waals surface area contributed by atoms with Gasteiger partial charge < -0.3 is 0 Å². The van der Waals surface area contributed by atoms with Gasteiger partial charge in [0, 0.05) is 12.8 Å². The fourth-order valence-electron chi connectivity index (χ4n) is 3.26. The molecule has 0 saturated heterocycles. The zero-order chi connectivity index (χ0) is 12.1. The number of hydrogen-bond acceptors (Lipinski definition) is 1. The van der Waals surface area contributed by atoms with E-state index in [1.807, 2.05) is 0 Å². The van der Waals surface area contributed by atoms with Gasteiger partial charge in [0.2, 0.25) is 0 Å². The largest absolute Gasteiger partial charge is 0.300 e. The van der Waals surface area contributed by atoms with Crippen molar-refractivity contribution in [1.29, 1.82) is 0 Å². The number of hydrogen-bond donors (Lipinski definition) is 0. The van der Waals surface area contributed by atoms with Crippen molar-refractivity contribution < 1.29 is 4.79 Å². The summed E-state index contributed by atoms with van der Waals surface area (Å²) in [5, 5.41) is 0. The van der Waals surface area contributed by atoms with Crippen LogP contribution >= 0.6 is 0 Å². The molecule has 0 aromatic carbocycles. The highest BCUT2D eigenvalue weighted by Gasteiger charge is 2.19. The normalized spacial score (nSPS) is 32.2. The first kappa shape index (κ1) is 12.9. The molecule has 0 unspecified atom stereocenters. The van der Waals surface area contributed by atoms with Crippen LogP contribution in [0.1, 0.15) is 64.7 Å². The highest BCUT2D eigenvalue weighted by molar-refractivity contribution is 5.79. The monoisotopic (exact) mass is 234 g/mol. The van der Waals surface area contributed by atoms with Crippen molar-refractivity contribution in [3.8, 4) is 0 Å². The van der Waals surface area contributed by atoms with E-state index in [9.17, 15) is 4.79 Å². The molecule has 2 aliphatic rings. The molecule has 17 heavy (non-hydrogen) atoms. The standard InChI is InChI=1S/C16H26O/c1-2-13-3-5-14(6-4-13)7-8-15-9-11-16(17)12-10-15/h7-8,13-15H,2-6,9-12H2,1H3/b8-7+. The van der Waals surface area contributed by atoms with Crippen molar-refractivity contribution in [1.82, 2.24) is 0 Å².